The van der Waals surface area contributed by atoms with Crippen LogP contribution in [-0.2, 0) is 14.8 Å². The van der Waals surface area contributed by atoms with Gasteiger partial charge in [-0.3, -0.25) is 9.69 Å². The van der Waals surface area contributed by atoms with E-state index in [4.69, 9.17) is 0 Å². The van der Waals surface area contributed by atoms with Crippen molar-refractivity contribution in [1.29, 1.82) is 0 Å². The minimum absolute atomic E-state index is 0.0212. The van der Waals surface area contributed by atoms with Gasteiger partial charge >= 0.3 is 0 Å². The maximum Gasteiger partial charge on any atom is 0.252 e. The van der Waals surface area contributed by atoms with E-state index in [-0.39, 0.29) is 17.5 Å². The zero-order valence-corrected chi connectivity index (χ0v) is 15.7. The number of nitrogens with one attached hydrogen (secondary N) is 1. The third-order valence-electron chi connectivity index (χ3n) is 3.79. The largest absolute Gasteiger partial charge is 0.350 e. The number of carbonyl (C=O) groups excluding carboxylic acids is 1. The quantitative estimate of drug-likeness (QED) is 0.881. The Hall–Kier alpha value is -0.960. The van der Waals surface area contributed by atoms with Crippen LogP contribution in [0.4, 0.5) is 0 Å². The minimum Gasteiger partial charge on any atom is -0.350 e. The lowest BCUT2D eigenvalue weighted by Gasteiger charge is -2.37. The zero-order chi connectivity index (χ0) is 17.3. The van der Waals surface area contributed by atoms with Crippen molar-refractivity contribution in [2.24, 2.45) is 0 Å². The molecule has 0 unspecified atom stereocenters. The molecule has 2 rings (SSSR count). The summed E-state index contributed by atoms with van der Waals surface area (Å²) in [6.45, 7) is 9.65. The summed E-state index contributed by atoms with van der Waals surface area (Å²) < 4.78 is 26.9. The summed E-state index contributed by atoms with van der Waals surface area (Å²) in [7, 11) is -3.39. The number of rotatable bonds is 4. The Balaban J connectivity index is 1.95. The smallest absolute Gasteiger partial charge is 0.252 e. The number of hydrogen-bond donors (Lipinski definition) is 1. The van der Waals surface area contributed by atoms with Crippen molar-refractivity contribution >= 4 is 27.3 Å². The van der Waals surface area contributed by atoms with Gasteiger partial charge in [-0.25, -0.2) is 8.42 Å². The number of piperazine rings is 1. The van der Waals surface area contributed by atoms with Crippen molar-refractivity contribution in [1.82, 2.24) is 14.5 Å². The van der Waals surface area contributed by atoms with Gasteiger partial charge in [-0.1, -0.05) is 6.07 Å². The second kappa shape index (κ2) is 6.88. The fourth-order valence-electron chi connectivity index (χ4n) is 2.51. The van der Waals surface area contributed by atoms with Crippen molar-refractivity contribution in [3.05, 3.63) is 17.5 Å². The molecule has 0 aromatic carbocycles. The maximum atomic E-state index is 12.5. The molecule has 1 aromatic heterocycles. The predicted molar refractivity (Wildman–Crippen MR) is 92.0 cm³/mol. The molecule has 1 aliphatic rings. The highest BCUT2D eigenvalue weighted by Crippen LogP contribution is 2.22. The van der Waals surface area contributed by atoms with Gasteiger partial charge in [-0.15, -0.1) is 11.3 Å². The van der Waals surface area contributed by atoms with E-state index in [0.29, 0.717) is 30.4 Å². The van der Waals surface area contributed by atoms with Gasteiger partial charge in [0.2, 0.25) is 5.91 Å². The fourth-order valence-corrected chi connectivity index (χ4v) is 5.08. The van der Waals surface area contributed by atoms with Crippen LogP contribution in [0.3, 0.4) is 0 Å². The number of sulfonamides is 1. The van der Waals surface area contributed by atoms with E-state index < -0.39 is 10.0 Å². The number of nitrogens with zero attached hydrogens (tertiary/aromatic N) is 2. The van der Waals surface area contributed by atoms with Crippen LogP contribution >= 0.6 is 11.3 Å². The second-order valence-corrected chi connectivity index (χ2v) is 9.90. The van der Waals surface area contributed by atoms with Crippen molar-refractivity contribution in [3.63, 3.8) is 0 Å². The van der Waals surface area contributed by atoms with Gasteiger partial charge in [0.1, 0.15) is 4.21 Å². The van der Waals surface area contributed by atoms with Crippen molar-refractivity contribution in [3.8, 4) is 0 Å². The molecule has 0 saturated carbocycles. The Bertz CT molecular complexity index is 627. The van der Waals surface area contributed by atoms with Crippen LogP contribution in [-0.4, -0.2) is 61.3 Å². The molecule has 0 radical (unpaired) electrons. The molecule has 2 heterocycles. The predicted octanol–water partition coefficient (Wildman–Crippen LogP) is 1.36. The highest BCUT2D eigenvalue weighted by molar-refractivity contribution is 7.91. The van der Waals surface area contributed by atoms with E-state index in [1.165, 1.54) is 15.6 Å². The second-order valence-electron chi connectivity index (χ2n) is 6.79. The van der Waals surface area contributed by atoms with Gasteiger partial charge in [-0.05, 0) is 39.1 Å². The lowest BCUT2D eigenvalue weighted by molar-refractivity contribution is -0.127. The van der Waals surface area contributed by atoms with Crippen LogP contribution in [0, 0.1) is 0 Å². The van der Waals surface area contributed by atoms with Crippen LogP contribution in [0.5, 0.6) is 0 Å². The Morgan fingerprint density at radius 1 is 1.26 bits per heavy atom. The van der Waals surface area contributed by atoms with Crippen molar-refractivity contribution < 1.29 is 13.2 Å². The summed E-state index contributed by atoms with van der Waals surface area (Å²) in [6.07, 6.45) is 0. The summed E-state index contributed by atoms with van der Waals surface area (Å²) in [5.41, 5.74) is -0.268. The third-order valence-corrected chi connectivity index (χ3v) is 7.06. The molecule has 1 aromatic rings. The average Bonchev–Trinajstić information content (AvgIpc) is 2.99. The number of amides is 1. The van der Waals surface area contributed by atoms with Crippen molar-refractivity contribution in [2.45, 2.75) is 43.5 Å². The molecule has 1 aliphatic heterocycles. The molecule has 1 saturated heterocycles. The van der Waals surface area contributed by atoms with Crippen LogP contribution in [0.2, 0.25) is 0 Å². The minimum atomic E-state index is -3.39. The standard InChI is InChI=1S/C15H25N3O3S2/c1-12(14(19)16-15(2,3)4)17-7-9-18(10-8-17)23(20,21)13-6-5-11-22-13/h5-6,11-12H,7-10H2,1-4H3,(H,16,19)/t12-/m0/s1. The van der Waals surface area contributed by atoms with Gasteiger partial charge in [0.25, 0.3) is 10.0 Å². The third kappa shape index (κ3) is 4.53. The first kappa shape index (κ1) is 18.4. The number of carbonyl (C=O) groups is 1. The Labute approximate surface area is 142 Å². The molecule has 0 aliphatic carbocycles. The van der Waals surface area contributed by atoms with Gasteiger partial charge in [0, 0.05) is 31.7 Å². The number of hydrogen-bond acceptors (Lipinski definition) is 5. The lowest BCUT2D eigenvalue weighted by Crippen LogP contribution is -2.56. The molecule has 0 bridgehead atoms. The van der Waals surface area contributed by atoms with E-state index in [1.54, 1.807) is 17.5 Å². The van der Waals surface area contributed by atoms with Gasteiger partial charge in [0.15, 0.2) is 0 Å². The lowest BCUT2D eigenvalue weighted by atomic mass is 10.1. The van der Waals surface area contributed by atoms with Gasteiger partial charge < -0.3 is 5.32 Å². The number of thiophene rings is 1. The summed E-state index contributed by atoms with van der Waals surface area (Å²) in [6, 6.07) is 3.11. The molecular formula is C15H25N3O3S2. The molecule has 1 atom stereocenters. The molecule has 1 N–H and O–H groups in total. The molecule has 8 heteroatoms. The fraction of sp³-hybridized carbons (Fsp3) is 0.667. The highest BCUT2D eigenvalue weighted by Gasteiger charge is 2.32. The van der Waals surface area contributed by atoms with Crippen LogP contribution in [0.1, 0.15) is 27.7 Å². The van der Waals surface area contributed by atoms with E-state index in [9.17, 15) is 13.2 Å². The molecule has 6 nitrogen and oxygen atoms in total. The van der Waals surface area contributed by atoms with Crippen LogP contribution in [0.25, 0.3) is 0 Å². The van der Waals surface area contributed by atoms with E-state index >= 15 is 0 Å². The van der Waals surface area contributed by atoms with E-state index in [0.717, 1.165) is 0 Å². The topological polar surface area (TPSA) is 69.7 Å². The summed E-state index contributed by atoms with van der Waals surface area (Å²) >= 11 is 1.23. The maximum absolute atomic E-state index is 12.5. The Morgan fingerprint density at radius 3 is 2.35 bits per heavy atom. The van der Waals surface area contributed by atoms with Gasteiger partial charge in [-0.2, -0.15) is 4.31 Å². The van der Waals surface area contributed by atoms with Crippen LogP contribution < -0.4 is 5.32 Å². The molecule has 1 amide bonds. The Kier molecular flexibility index (Phi) is 5.50. The monoisotopic (exact) mass is 359 g/mol. The first-order chi connectivity index (χ1) is 10.6. The average molecular weight is 360 g/mol. The summed E-state index contributed by atoms with van der Waals surface area (Å²) in [5, 5.41) is 4.74. The molecule has 1 fully saturated rings. The van der Waals surface area contributed by atoms with E-state index in [2.05, 4.69) is 5.32 Å². The molecule has 130 valence electrons. The Morgan fingerprint density at radius 2 is 1.87 bits per heavy atom. The van der Waals surface area contributed by atoms with Crippen molar-refractivity contribution in [2.75, 3.05) is 26.2 Å². The van der Waals surface area contributed by atoms with Gasteiger partial charge in [0.05, 0.1) is 6.04 Å². The summed E-state index contributed by atoms with van der Waals surface area (Å²) in [5.74, 6) is -0.0212. The zero-order valence-electron chi connectivity index (χ0n) is 14.1. The van der Waals surface area contributed by atoms with E-state index in [1.807, 2.05) is 32.6 Å². The first-order valence-electron chi connectivity index (χ1n) is 7.71. The van der Waals surface area contributed by atoms with Crippen LogP contribution in [0.15, 0.2) is 21.7 Å². The highest BCUT2D eigenvalue weighted by atomic mass is 32.2. The molecule has 23 heavy (non-hydrogen) atoms. The molecule has 0 spiro atoms. The first-order valence-corrected chi connectivity index (χ1v) is 10.0. The SMILES string of the molecule is C[C@@H](C(=O)NC(C)(C)C)N1CCN(S(=O)(=O)c2cccs2)CC1. The summed E-state index contributed by atoms with van der Waals surface area (Å²) in [4.78, 5) is 14.3. The normalized spacial score (nSPS) is 19.5. The molecular weight excluding hydrogens is 334 g/mol.